The molecule has 3 N–H and O–H groups in total. The third-order valence-corrected chi connectivity index (χ3v) is 4.98. The summed E-state index contributed by atoms with van der Waals surface area (Å²) in [4.78, 5) is 13.1. The molecule has 1 aromatic carbocycles. The molecular formula is C14H20BrClN2O2S. The largest absolute Gasteiger partial charge is 0.391 e. The van der Waals surface area contributed by atoms with Gasteiger partial charge in [0.05, 0.1) is 11.4 Å². The van der Waals surface area contributed by atoms with Gasteiger partial charge in [-0.15, -0.1) is 24.2 Å². The van der Waals surface area contributed by atoms with Crippen LogP contribution in [0.3, 0.4) is 0 Å². The summed E-state index contributed by atoms with van der Waals surface area (Å²) in [5.41, 5.74) is 0. The Morgan fingerprint density at radius 3 is 2.71 bits per heavy atom. The van der Waals surface area contributed by atoms with Crippen LogP contribution in [0.5, 0.6) is 0 Å². The molecule has 21 heavy (non-hydrogen) atoms. The van der Waals surface area contributed by atoms with Crippen LogP contribution < -0.4 is 10.6 Å². The molecule has 0 aliphatic carbocycles. The molecule has 1 amide bonds. The van der Waals surface area contributed by atoms with Crippen molar-refractivity contribution in [1.82, 2.24) is 10.6 Å². The second-order valence-corrected chi connectivity index (χ2v) is 7.27. The highest BCUT2D eigenvalue weighted by molar-refractivity contribution is 9.10. The maximum absolute atomic E-state index is 12.0. The summed E-state index contributed by atoms with van der Waals surface area (Å²) < 4.78 is 1.03. The van der Waals surface area contributed by atoms with Crippen LogP contribution >= 0.6 is 40.1 Å². The molecule has 1 aromatic rings. The van der Waals surface area contributed by atoms with Gasteiger partial charge < -0.3 is 15.7 Å². The summed E-state index contributed by atoms with van der Waals surface area (Å²) in [6.07, 6.45) is -0.357. The van der Waals surface area contributed by atoms with E-state index in [2.05, 4.69) is 26.6 Å². The maximum atomic E-state index is 12.0. The molecule has 0 bridgehead atoms. The van der Waals surface area contributed by atoms with Crippen LogP contribution in [0.4, 0.5) is 0 Å². The summed E-state index contributed by atoms with van der Waals surface area (Å²) in [7, 11) is 0. The number of aliphatic hydroxyl groups excluding tert-OH is 1. The minimum Gasteiger partial charge on any atom is -0.391 e. The number of β-amino-alcohol motifs (C(OH)–C–C–N with tert-alkyl or cyclic N) is 1. The van der Waals surface area contributed by atoms with Crippen molar-refractivity contribution in [2.75, 3.05) is 19.6 Å². The van der Waals surface area contributed by atoms with Gasteiger partial charge in [-0.05, 0) is 31.2 Å². The SMILES string of the molecule is CC(Sc1ccc(Br)cc1)C(=O)NCC1CNCC1O.Cl. The second kappa shape index (κ2) is 9.00. The fourth-order valence-corrected chi connectivity index (χ4v) is 3.23. The lowest BCUT2D eigenvalue weighted by atomic mass is 10.1. The summed E-state index contributed by atoms with van der Waals surface area (Å²) in [5.74, 6) is 0.126. The predicted molar refractivity (Wildman–Crippen MR) is 92.1 cm³/mol. The van der Waals surface area contributed by atoms with E-state index in [9.17, 15) is 9.90 Å². The van der Waals surface area contributed by atoms with Gasteiger partial charge in [0.1, 0.15) is 0 Å². The third kappa shape index (κ3) is 5.79. The summed E-state index contributed by atoms with van der Waals surface area (Å²) in [5, 5.41) is 15.6. The molecule has 118 valence electrons. The van der Waals surface area contributed by atoms with Crippen LogP contribution in [0, 0.1) is 5.92 Å². The minimum atomic E-state index is -0.357. The molecule has 1 fully saturated rings. The van der Waals surface area contributed by atoms with Gasteiger partial charge in [0.25, 0.3) is 0 Å². The third-order valence-electron chi connectivity index (χ3n) is 3.34. The Labute approximate surface area is 144 Å². The Bertz CT molecular complexity index is 461. The van der Waals surface area contributed by atoms with E-state index < -0.39 is 0 Å². The number of carbonyl (C=O) groups excluding carboxylic acids is 1. The van der Waals surface area contributed by atoms with E-state index in [0.717, 1.165) is 15.9 Å². The highest BCUT2D eigenvalue weighted by atomic mass is 79.9. The molecule has 2 rings (SSSR count). The number of amides is 1. The van der Waals surface area contributed by atoms with Crippen molar-refractivity contribution in [3.63, 3.8) is 0 Å². The fraction of sp³-hybridized carbons (Fsp3) is 0.500. The van der Waals surface area contributed by atoms with Gasteiger partial charge in [-0.1, -0.05) is 15.9 Å². The van der Waals surface area contributed by atoms with Crippen molar-refractivity contribution in [1.29, 1.82) is 0 Å². The van der Waals surface area contributed by atoms with Gasteiger partial charge in [-0.3, -0.25) is 4.79 Å². The van der Waals surface area contributed by atoms with Crippen LogP contribution in [-0.2, 0) is 4.79 Å². The van der Waals surface area contributed by atoms with E-state index in [1.54, 1.807) is 0 Å². The molecular weight excluding hydrogens is 376 g/mol. The van der Waals surface area contributed by atoms with E-state index in [1.165, 1.54) is 11.8 Å². The molecule has 7 heteroatoms. The normalized spacial score (nSPS) is 22.4. The first kappa shape index (κ1) is 18.8. The van der Waals surface area contributed by atoms with Gasteiger partial charge >= 0.3 is 0 Å². The van der Waals surface area contributed by atoms with Crippen molar-refractivity contribution in [3.05, 3.63) is 28.7 Å². The van der Waals surface area contributed by atoms with Crippen LogP contribution in [-0.4, -0.2) is 42.0 Å². The number of benzene rings is 1. The first-order valence-electron chi connectivity index (χ1n) is 6.65. The number of thioether (sulfide) groups is 1. The predicted octanol–water partition coefficient (Wildman–Crippen LogP) is 2.05. The lowest BCUT2D eigenvalue weighted by Crippen LogP contribution is -2.38. The molecule has 1 saturated heterocycles. The molecule has 4 nitrogen and oxygen atoms in total. The average molecular weight is 396 g/mol. The first-order chi connectivity index (χ1) is 9.56. The molecule has 0 saturated carbocycles. The zero-order valence-electron chi connectivity index (χ0n) is 11.7. The van der Waals surface area contributed by atoms with Gasteiger partial charge in [-0.25, -0.2) is 0 Å². The van der Waals surface area contributed by atoms with Crippen LogP contribution in [0.25, 0.3) is 0 Å². The molecule has 0 radical (unpaired) electrons. The number of rotatable bonds is 5. The zero-order chi connectivity index (χ0) is 14.5. The Hall–Kier alpha value is -0.270. The lowest BCUT2D eigenvalue weighted by molar-refractivity contribution is -0.120. The van der Waals surface area contributed by atoms with Crippen molar-refractivity contribution in [3.8, 4) is 0 Å². The summed E-state index contributed by atoms with van der Waals surface area (Å²) in [6, 6.07) is 7.91. The summed E-state index contributed by atoms with van der Waals surface area (Å²) in [6.45, 7) is 3.79. The van der Waals surface area contributed by atoms with Crippen molar-refractivity contribution in [2.24, 2.45) is 5.92 Å². The number of nitrogens with one attached hydrogen (secondary N) is 2. The van der Waals surface area contributed by atoms with Gasteiger partial charge in [-0.2, -0.15) is 0 Å². The average Bonchev–Trinajstić information content (AvgIpc) is 2.84. The fourth-order valence-electron chi connectivity index (χ4n) is 2.07. The Balaban J connectivity index is 0.00000220. The van der Waals surface area contributed by atoms with Gasteiger partial charge in [0.15, 0.2) is 0 Å². The zero-order valence-corrected chi connectivity index (χ0v) is 14.9. The summed E-state index contributed by atoms with van der Waals surface area (Å²) >= 11 is 4.92. The maximum Gasteiger partial charge on any atom is 0.233 e. The Morgan fingerprint density at radius 2 is 2.14 bits per heavy atom. The van der Waals surface area contributed by atoms with E-state index in [0.29, 0.717) is 13.1 Å². The Kier molecular flexibility index (Phi) is 8.05. The van der Waals surface area contributed by atoms with Crippen molar-refractivity contribution in [2.45, 2.75) is 23.2 Å². The minimum absolute atomic E-state index is 0. The van der Waals surface area contributed by atoms with Crippen LogP contribution in [0.2, 0.25) is 0 Å². The van der Waals surface area contributed by atoms with Crippen molar-refractivity contribution < 1.29 is 9.90 Å². The van der Waals surface area contributed by atoms with Gasteiger partial charge in [0, 0.05) is 34.9 Å². The number of aliphatic hydroxyl groups is 1. The number of carbonyl (C=O) groups is 1. The van der Waals surface area contributed by atoms with Gasteiger partial charge in [0.2, 0.25) is 5.91 Å². The Morgan fingerprint density at radius 1 is 1.48 bits per heavy atom. The molecule has 3 unspecified atom stereocenters. The highest BCUT2D eigenvalue weighted by Gasteiger charge is 2.25. The number of hydrogen-bond acceptors (Lipinski definition) is 4. The highest BCUT2D eigenvalue weighted by Crippen LogP contribution is 2.24. The molecule has 0 aromatic heterocycles. The lowest BCUT2D eigenvalue weighted by Gasteiger charge is -2.16. The second-order valence-electron chi connectivity index (χ2n) is 4.94. The number of halogens is 2. The standard InChI is InChI=1S/C14H19BrN2O2S.ClH/c1-9(20-12-4-2-11(15)3-5-12)14(19)17-7-10-6-16-8-13(10)18;/h2-5,9-10,13,16,18H,6-8H2,1H3,(H,17,19);1H. The van der Waals surface area contributed by atoms with Crippen molar-refractivity contribution >= 4 is 46.0 Å². The van der Waals surface area contributed by atoms with E-state index in [1.807, 2.05) is 31.2 Å². The van der Waals surface area contributed by atoms with Crippen LogP contribution in [0.15, 0.2) is 33.6 Å². The molecule has 1 aliphatic heterocycles. The monoisotopic (exact) mass is 394 g/mol. The molecule has 1 aliphatic rings. The van der Waals surface area contributed by atoms with E-state index in [-0.39, 0.29) is 35.6 Å². The van der Waals surface area contributed by atoms with E-state index >= 15 is 0 Å². The molecule has 1 heterocycles. The first-order valence-corrected chi connectivity index (χ1v) is 8.32. The van der Waals surface area contributed by atoms with E-state index in [4.69, 9.17) is 0 Å². The molecule has 3 atom stereocenters. The molecule has 0 spiro atoms. The number of hydrogen-bond donors (Lipinski definition) is 3. The smallest absolute Gasteiger partial charge is 0.233 e. The van der Waals surface area contributed by atoms with Crippen LogP contribution in [0.1, 0.15) is 6.92 Å². The quantitative estimate of drug-likeness (QED) is 0.668. The topological polar surface area (TPSA) is 61.4 Å².